The van der Waals surface area contributed by atoms with Gasteiger partial charge in [-0.3, -0.25) is 0 Å². The number of hydrogen-bond acceptors (Lipinski definition) is 6. The van der Waals surface area contributed by atoms with E-state index in [2.05, 4.69) is 11.1 Å². The maximum absolute atomic E-state index is 11.7. The summed E-state index contributed by atoms with van der Waals surface area (Å²) >= 11 is 1.65. The summed E-state index contributed by atoms with van der Waals surface area (Å²) in [5.41, 5.74) is 2.74. The van der Waals surface area contributed by atoms with Gasteiger partial charge in [-0.15, -0.1) is 23.7 Å². The molecule has 0 spiro atoms. The highest BCUT2D eigenvalue weighted by Crippen LogP contribution is 2.25. The van der Waals surface area contributed by atoms with Gasteiger partial charge in [0.1, 0.15) is 5.75 Å². The van der Waals surface area contributed by atoms with Crippen LogP contribution < -0.4 is 9.64 Å². The Hall–Kier alpha value is -3.42. The van der Waals surface area contributed by atoms with Gasteiger partial charge in [0.25, 0.3) is 0 Å². The van der Waals surface area contributed by atoms with Gasteiger partial charge in [0.05, 0.1) is 23.9 Å². The van der Waals surface area contributed by atoms with E-state index < -0.39 is 5.97 Å². The Labute approximate surface area is 209 Å². The van der Waals surface area contributed by atoms with Crippen LogP contribution in [0.3, 0.4) is 0 Å². The van der Waals surface area contributed by atoms with Crippen molar-refractivity contribution >= 4 is 35.7 Å². The molecule has 0 saturated heterocycles. The van der Waals surface area contributed by atoms with Gasteiger partial charge in [-0.05, 0) is 67.3 Å². The van der Waals surface area contributed by atoms with Crippen LogP contribution in [0, 0.1) is 0 Å². The van der Waals surface area contributed by atoms with Gasteiger partial charge in [-0.25, -0.2) is 14.8 Å². The minimum atomic E-state index is -0.944. The third-order valence-electron chi connectivity index (χ3n) is 4.98. The van der Waals surface area contributed by atoms with Gasteiger partial charge in [0.2, 0.25) is 5.95 Å². The van der Waals surface area contributed by atoms with Crippen molar-refractivity contribution in [2.45, 2.75) is 33.0 Å². The van der Waals surface area contributed by atoms with Crippen LogP contribution in [0.1, 0.15) is 34.6 Å². The summed E-state index contributed by atoms with van der Waals surface area (Å²) in [6.45, 7) is 4.95. The first-order valence-electron chi connectivity index (χ1n) is 10.7. The van der Waals surface area contributed by atoms with Gasteiger partial charge in [-0.1, -0.05) is 24.3 Å². The van der Waals surface area contributed by atoms with E-state index in [1.165, 1.54) is 0 Å². The summed E-state index contributed by atoms with van der Waals surface area (Å²) < 4.78 is 5.73. The maximum atomic E-state index is 11.7. The fourth-order valence-corrected chi connectivity index (χ4v) is 4.22. The lowest BCUT2D eigenvalue weighted by Crippen LogP contribution is -2.25. The van der Waals surface area contributed by atoms with E-state index >= 15 is 0 Å². The standard InChI is InChI=1S/C26H25N3O3S.ClH/c1-18(2)32-21-11-9-19(10-12-21)24-13-14-27-26(28-24)29(17-22-7-5-15-33-22)16-20-6-3-4-8-23(20)25(30)31;/h3-15,18H,16-17H2,1-2H3,(H,30,31);1H. The Morgan fingerprint density at radius 1 is 1.03 bits per heavy atom. The molecule has 0 atom stereocenters. The van der Waals surface area contributed by atoms with Crippen molar-refractivity contribution in [2.24, 2.45) is 0 Å². The second-order valence-corrected chi connectivity index (χ2v) is 8.86. The first kappa shape index (κ1) is 25.2. The Morgan fingerprint density at radius 2 is 1.79 bits per heavy atom. The summed E-state index contributed by atoms with van der Waals surface area (Å²) in [5, 5.41) is 11.6. The third-order valence-corrected chi connectivity index (χ3v) is 5.84. The molecule has 34 heavy (non-hydrogen) atoms. The number of nitrogens with zero attached hydrogens (tertiary/aromatic N) is 3. The zero-order valence-corrected chi connectivity index (χ0v) is 20.6. The number of thiophene rings is 1. The quantitative estimate of drug-likeness (QED) is 0.293. The Kier molecular flexibility index (Phi) is 8.62. The predicted octanol–water partition coefficient (Wildman–Crippen LogP) is 6.32. The van der Waals surface area contributed by atoms with Crippen molar-refractivity contribution in [3.8, 4) is 17.0 Å². The highest BCUT2D eigenvalue weighted by atomic mass is 35.5. The van der Waals surface area contributed by atoms with Gasteiger partial charge in [-0.2, -0.15) is 0 Å². The molecule has 1 N–H and O–H groups in total. The lowest BCUT2D eigenvalue weighted by atomic mass is 10.1. The van der Waals surface area contributed by atoms with E-state index in [1.54, 1.807) is 29.7 Å². The van der Waals surface area contributed by atoms with Crippen molar-refractivity contribution in [1.29, 1.82) is 0 Å². The number of rotatable bonds is 9. The largest absolute Gasteiger partial charge is 0.491 e. The molecule has 4 rings (SSSR count). The molecule has 4 aromatic rings. The molecule has 0 amide bonds. The van der Waals surface area contributed by atoms with Gasteiger partial charge < -0.3 is 14.7 Å². The summed E-state index contributed by atoms with van der Waals surface area (Å²) in [6, 6.07) is 20.8. The fraction of sp³-hybridized carbons (Fsp3) is 0.192. The molecule has 0 bridgehead atoms. The molecule has 0 unspecified atom stereocenters. The Bertz CT molecular complexity index is 1210. The Morgan fingerprint density at radius 3 is 2.47 bits per heavy atom. The molecule has 2 aromatic heterocycles. The molecular formula is C26H26ClN3O3S. The zero-order chi connectivity index (χ0) is 23.2. The number of aromatic carboxylic acids is 1. The third kappa shape index (κ3) is 6.34. The monoisotopic (exact) mass is 495 g/mol. The lowest BCUT2D eigenvalue weighted by Gasteiger charge is -2.23. The van der Waals surface area contributed by atoms with Crippen molar-refractivity contribution < 1.29 is 14.6 Å². The van der Waals surface area contributed by atoms with Crippen molar-refractivity contribution in [3.63, 3.8) is 0 Å². The maximum Gasteiger partial charge on any atom is 0.336 e. The predicted molar refractivity (Wildman–Crippen MR) is 138 cm³/mol. The molecule has 2 aromatic carbocycles. The molecule has 0 aliphatic heterocycles. The smallest absolute Gasteiger partial charge is 0.336 e. The van der Waals surface area contributed by atoms with Crippen LogP contribution in [0.25, 0.3) is 11.3 Å². The minimum Gasteiger partial charge on any atom is -0.491 e. The average molecular weight is 496 g/mol. The second kappa shape index (κ2) is 11.6. The molecule has 0 saturated carbocycles. The number of anilines is 1. The molecule has 2 heterocycles. The topological polar surface area (TPSA) is 75.5 Å². The molecule has 176 valence electrons. The van der Waals surface area contributed by atoms with Crippen molar-refractivity contribution in [2.75, 3.05) is 4.90 Å². The van der Waals surface area contributed by atoms with Crippen LogP contribution in [-0.2, 0) is 13.1 Å². The molecule has 6 nitrogen and oxygen atoms in total. The number of aromatic nitrogens is 2. The van der Waals surface area contributed by atoms with Gasteiger partial charge >= 0.3 is 5.97 Å². The highest BCUT2D eigenvalue weighted by molar-refractivity contribution is 7.09. The van der Waals surface area contributed by atoms with Crippen LogP contribution in [0.2, 0.25) is 0 Å². The van der Waals surface area contributed by atoms with Gasteiger partial charge in [0, 0.05) is 23.2 Å². The van der Waals surface area contributed by atoms with E-state index in [1.807, 2.05) is 72.7 Å². The van der Waals surface area contributed by atoms with Crippen LogP contribution in [-0.4, -0.2) is 27.1 Å². The molecular weight excluding hydrogens is 470 g/mol. The molecule has 0 radical (unpaired) electrons. The second-order valence-electron chi connectivity index (χ2n) is 7.83. The number of benzene rings is 2. The van der Waals surface area contributed by atoms with E-state index in [-0.39, 0.29) is 24.1 Å². The van der Waals surface area contributed by atoms with E-state index in [9.17, 15) is 9.90 Å². The molecule has 0 fully saturated rings. The SMILES string of the molecule is CC(C)Oc1ccc(-c2ccnc(N(Cc3cccs3)Cc3ccccc3C(=O)O)n2)cc1.Cl. The van der Waals surface area contributed by atoms with E-state index in [0.717, 1.165) is 21.9 Å². The van der Waals surface area contributed by atoms with E-state index in [0.29, 0.717) is 24.6 Å². The fourth-order valence-electron chi connectivity index (χ4n) is 3.50. The normalized spacial score (nSPS) is 10.6. The minimum absolute atomic E-state index is 0. The van der Waals surface area contributed by atoms with Crippen molar-refractivity contribution in [3.05, 3.63) is 94.3 Å². The zero-order valence-electron chi connectivity index (χ0n) is 18.9. The number of halogens is 1. The van der Waals surface area contributed by atoms with Crippen molar-refractivity contribution in [1.82, 2.24) is 9.97 Å². The Balaban J connectivity index is 0.00000324. The first-order valence-corrected chi connectivity index (χ1v) is 11.6. The van der Waals surface area contributed by atoms with Crippen LogP contribution in [0.15, 0.2) is 78.3 Å². The number of carbonyl (C=O) groups is 1. The first-order chi connectivity index (χ1) is 16.0. The highest BCUT2D eigenvalue weighted by Gasteiger charge is 2.17. The molecule has 8 heteroatoms. The molecule has 0 aliphatic rings. The average Bonchev–Trinajstić information content (AvgIpc) is 3.32. The number of hydrogen-bond donors (Lipinski definition) is 1. The van der Waals surface area contributed by atoms with E-state index in [4.69, 9.17) is 9.72 Å². The summed E-state index contributed by atoms with van der Waals surface area (Å²) in [4.78, 5) is 24.2. The lowest BCUT2D eigenvalue weighted by molar-refractivity contribution is 0.0695. The summed E-state index contributed by atoms with van der Waals surface area (Å²) in [5.74, 6) is 0.413. The number of carboxylic acid groups (broad SMARTS) is 1. The number of carboxylic acids is 1. The number of ether oxygens (including phenoxy) is 1. The van der Waals surface area contributed by atoms with Crippen LogP contribution in [0.5, 0.6) is 5.75 Å². The van der Waals surface area contributed by atoms with Crippen LogP contribution >= 0.6 is 23.7 Å². The summed E-state index contributed by atoms with van der Waals surface area (Å²) in [7, 11) is 0. The van der Waals surface area contributed by atoms with Gasteiger partial charge in [0.15, 0.2) is 0 Å². The summed E-state index contributed by atoms with van der Waals surface area (Å²) in [6.07, 6.45) is 1.85. The molecule has 0 aliphatic carbocycles. The van der Waals surface area contributed by atoms with Crippen LogP contribution in [0.4, 0.5) is 5.95 Å².